The zero-order valence-corrected chi connectivity index (χ0v) is 12.7. The number of phenols is 2. The van der Waals surface area contributed by atoms with Crippen molar-refractivity contribution >= 4 is 23.7 Å². The summed E-state index contributed by atoms with van der Waals surface area (Å²) in [5, 5.41) is 23.8. The molecule has 0 aliphatic carbocycles. The van der Waals surface area contributed by atoms with E-state index in [1.54, 1.807) is 24.3 Å². The largest absolute Gasteiger partial charge is 0.504 e. The van der Waals surface area contributed by atoms with E-state index in [9.17, 15) is 19.8 Å². The van der Waals surface area contributed by atoms with Gasteiger partial charge >= 0.3 is 0 Å². The molecule has 0 aromatic heterocycles. The van der Waals surface area contributed by atoms with Gasteiger partial charge in [0.15, 0.2) is 11.5 Å². The molecule has 3 rings (SSSR count). The van der Waals surface area contributed by atoms with E-state index in [2.05, 4.69) is 5.10 Å². The van der Waals surface area contributed by atoms with Crippen LogP contribution in [0.15, 0.2) is 53.6 Å². The first-order valence-electron chi connectivity index (χ1n) is 7.26. The third-order valence-electron chi connectivity index (χ3n) is 3.58. The summed E-state index contributed by atoms with van der Waals surface area (Å²) in [4.78, 5) is 25.9. The van der Waals surface area contributed by atoms with Crippen molar-refractivity contribution in [3.8, 4) is 11.5 Å². The molecule has 0 bridgehead atoms. The lowest BCUT2D eigenvalue weighted by atomic mass is 10.2. The lowest BCUT2D eigenvalue weighted by Gasteiger charge is -2.31. The summed E-state index contributed by atoms with van der Waals surface area (Å²) in [5.74, 6) is -1.06. The van der Waals surface area contributed by atoms with Gasteiger partial charge in [-0.05, 0) is 35.9 Å². The van der Waals surface area contributed by atoms with Gasteiger partial charge in [-0.2, -0.15) is 5.10 Å². The molecule has 24 heavy (non-hydrogen) atoms. The monoisotopic (exact) mass is 325 g/mol. The number of nitrogens with zero attached hydrogens (tertiary/aromatic N) is 3. The SMILES string of the molecule is O=C1CN(c2ccccc2)C(=O)CN1N=Cc1ccc(O)c(O)c1. The summed E-state index contributed by atoms with van der Waals surface area (Å²) in [7, 11) is 0. The molecule has 0 unspecified atom stereocenters. The number of phenolic OH excluding ortho intramolecular Hbond substituents is 2. The van der Waals surface area contributed by atoms with Crippen molar-refractivity contribution in [1.29, 1.82) is 0 Å². The van der Waals surface area contributed by atoms with Crippen LogP contribution in [0, 0.1) is 0 Å². The Morgan fingerprint density at radius 1 is 0.917 bits per heavy atom. The van der Waals surface area contributed by atoms with E-state index < -0.39 is 0 Å². The highest BCUT2D eigenvalue weighted by atomic mass is 16.3. The molecule has 1 fully saturated rings. The van der Waals surface area contributed by atoms with Gasteiger partial charge in [0.2, 0.25) is 5.91 Å². The molecule has 122 valence electrons. The number of para-hydroxylation sites is 1. The first-order chi connectivity index (χ1) is 11.5. The first kappa shape index (κ1) is 15.5. The Morgan fingerprint density at radius 2 is 1.67 bits per heavy atom. The number of hydrogen-bond acceptors (Lipinski definition) is 5. The molecule has 2 aromatic rings. The minimum absolute atomic E-state index is 0.0823. The Balaban J connectivity index is 1.73. The molecule has 1 heterocycles. The highest BCUT2D eigenvalue weighted by molar-refractivity contribution is 6.04. The van der Waals surface area contributed by atoms with E-state index in [-0.39, 0.29) is 36.4 Å². The molecule has 0 spiro atoms. The molecule has 1 aliphatic heterocycles. The van der Waals surface area contributed by atoms with Crippen molar-refractivity contribution in [2.75, 3.05) is 18.0 Å². The van der Waals surface area contributed by atoms with Gasteiger partial charge in [0.1, 0.15) is 13.1 Å². The third kappa shape index (κ3) is 3.19. The Bertz CT molecular complexity index is 805. The Morgan fingerprint density at radius 3 is 2.38 bits per heavy atom. The number of aromatic hydroxyl groups is 2. The van der Waals surface area contributed by atoms with Crippen LogP contribution < -0.4 is 4.90 Å². The fourth-order valence-electron chi connectivity index (χ4n) is 2.31. The van der Waals surface area contributed by atoms with E-state index in [4.69, 9.17) is 0 Å². The van der Waals surface area contributed by atoms with Gasteiger partial charge in [0, 0.05) is 5.69 Å². The van der Waals surface area contributed by atoms with Crippen LogP contribution in [0.1, 0.15) is 5.56 Å². The number of carbonyl (C=O) groups excluding carboxylic acids is 2. The van der Waals surface area contributed by atoms with Crippen molar-refractivity contribution in [1.82, 2.24) is 5.01 Å². The van der Waals surface area contributed by atoms with Gasteiger partial charge in [-0.15, -0.1) is 0 Å². The topological polar surface area (TPSA) is 93.4 Å². The van der Waals surface area contributed by atoms with Gasteiger partial charge in [0.25, 0.3) is 5.91 Å². The highest BCUT2D eigenvalue weighted by Crippen LogP contribution is 2.24. The van der Waals surface area contributed by atoms with Crippen molar-refractivity contribution in [3.05, 3.63) is 54.1 Å². The lowest BCUT2D eigenvalue weighted by molar-refractivity contribution is -0.138. The number of amides is 2. The minimum Gasteiger partial charge on any atom is -0.504 e. The van der Waals surface area contributed by atoms with E-state index in [1.807, 2.05) is 6.07 Å². The molecule has 2 amide bonds. The molecule has 0 saturated carbocycles. The molecule has 7 heteroatoms. The van der Waals surface area contributed by atoms with Gasteiger partial charge < -0.3 is 15.1 Å². The summed E-state index contributed by atoms with van der Waals surface area (Å²) in [6.07, 6.45) is 1.35. The normalized spacial score (nSPS) is 15.3. The van der Waals surface area contributed by atoms with Gasteiger partial charge in [0.05, 0.1) is 6.21 Å². The third-order valence-corrected chi connectivity index (χ3v) is 3.58. The quantitative estimate of drug-likeness (QED) is 0.657. The summed E-state index contributed by atoms with van der Waals surface area (Å²) in [6.45, 7) is -0.241. The van der Waals surface area contributed by atoms with E-state index in [0.717, 1.165) is 5.01 Å². The van der Waals surface area contributed by atoms with Gasteiger partial charge in [-0.25, -0.2) is 5.01 Å². The van der Waals surface area contributed by atoms with Crippen molar-refractivity contribution < 1.29 is 19.8 Å². The maximum absolute atomic E-state index is 12.2. The summed E-state index contributed by atoms with van der Waals surface area (Å²) < 4.78 is 0. The maximum atomic E-state index is 12.2. The van der Waals surface area contributed by atoms with Crippen LogP contribution in [0.5, 0.6) is 11.5 Å². The van der Waals surface area contributed by atoms with Crippen molar-refractivity contribution in [2.24, 2.45) is 5.10 Å². The van der Waals surface area contributed by atoms with Crippen molar-refractivity contribution in [3.63, 3.8) is 0 Å². The van der Waals surface area contributed by atoms with Crippen LogP contribution in [0.4, 0.5) is 5.69 Å². The molecule has 1 aliphatic rings. The van der Waals surface area contributed by atoms with Crippen LogP contribution in [0.2, 0.25) is 0 Å². The van der Waals surface area contributed by atoms with Crippen molar-refractivity contribution in [2.45, 2.75) is 0 Å². The molecule has 2 aromatic carbocycles. The maximum Gasteiger partial charge on any atom is 0.263 e. The molecule has 7 nitrogen and oxygen atoms in total. The Hall–Kier alpha value is -3.35. The number of hydrogen-bond donors (Lipinski definition) is 2. The summed E-state index contributed by atoms with van der Waals surface area (Å²) >= 11 is 0. The summed E-state index contributed by atoms with van der Waals surface area (Å²) in [5.41, 5.74) is 1.17. The molecule has 0 radical (unpaired) electrons. The standard InChI is InChI=1S/C17H15N3O4/c21-14-7-6-12(8-15(14)22)9-18-20-11-16(23)19(10-17(20)24)13-4-2-1-3-5-13/h1-9,21-22H,10-11H2. The van der Waals surface area contributed by atoms with Crippen LogP contribution in [-0.4, -0.2) is 46.3 Å². The van der Waals surface area contributed by atoms with E-state index >= 15 is 0 Å². The van der Waals surface area contributed by atoms with Gasteiger partial charge in [-0.3, -0.25) is 9.59 Å². The number of benzene rings is 2. The zero-order chi connectivity index (χ0) is 17.1. The fraction of sp³-hybridized carbons (Fsp3) is 0.118. The highest BCUT2D eigenvalue weighted by Gasteiger charge is 2.30. The fourth-order valence-corrected chi connectivity index (χ4v) is 2.31. The second kappa shape index (κ2) is 6.41. The predicted molar refractivity (Wildman–Crippen MR) is 87.9 cm³/mol. The summed E-state index contributed by atoms with van der Waals surface area (Å²) in [6, 6.07) is 13.1. The second-order valence-electron chi connectivity index (χ2n) is 5.26. The number of anilines is 1. The molecular formula is C17H15N3O4. The number of rotatable bonds is 3. The zero-order valence-electron chi connectivity index (χ0n) is 12.7. The lowest BCUT2D eigenvalue weighted by Crippen LogP contribution is -2.52. The van der Waals surface area contributed by atoms with Crippen LogP contribution in [-0.2, 0) is 9.59 Å². The van der Waals surface area contributed by atoms with Crippen LogP contribution in [0.25, 0.3) is 0 Å². The Labute approximate surface area is 138 Å². The second-order valence-corrected chi connectivity index (χ2v) is 5.26. The van der Waals surface area contributed by atoms with E-state index in [1.165, 1.54) is 29.3 Å². The average molecular weight is 325 g/mol. The molecule has 1 saturated heterocycles. The molecule has 2 N–H and O–H groups in total. The van der Waals surface area contributed by atoms with Crippen LogP contribution in [0.3, 0.4) is 0 Å². The molecular weight excluding hydrogens is 310 g/mol. The smallest absolute Gasteiger partial charge is 0.263 e. The number of hydrazone groups is 1. The van der Waals surface area contributed by atoms with Crippen LogP contribution >= 0.6 is 0 Å². The van der Waals surface area contributed by atoms with E-state index in [0.29, 0.717) is 11.3 Å². The Kier molecular flexibility index (Phi) is 4.15. The minimum atomic E-state index is -0.308. The predicted octanol–water partition coefficient (Wildman–Crippen LogP) is 1.31. The average Bonchev–Trinajstić information content (AvgIpc) is 2.59. The van der Waals surface area contributed by atoms with Gasteiger partial charge in [-0.1, -0.05) is 18.2 Å². The first-order valence-corrected chi connectivity index (χ1v) is 7.26. The number of carbonyl (C=O) groups is 2. The number of piperazine rings is 1. The molecule has 0 atom stereocenters.